The smallest absolute Gasteiger partial charge is 0.252 e. The molecule has 3 rings (SSSR count). The molecule has 0 spiro atoms. The van der Waals surface area contributed by atoms with Gasteiger partial charge in [-0.15, -0.1) is 11.3 Å². The predicted molar refractivity (Wildman–Crippen MR) is 107 cm³/mol. The first-order valence-electron chi connectivity index (χ1n) is 8.59. The summed E-state index contributed by atoms with van der Waals surface area (Å²) in [6.45, 7) is 1.50. The number of carbonyl (C=O) groups is 1. The Morgan fingerprint density at radius 2 is 1.85 bits per heavy atom. The zero-order valence-corrected chi connectivity index (χ0v) is 17.5. The van der Waals surface area contributed by atoms with E-state index in [-0.39, 0.29) is 5.91 Å². The fourth-order valence-corrected chi connectivity index (χ4v) is 6.27. The summed E-state index contributed by atoms with van der Waals surface area (Å²) in [5, 5.41) is 2.84. The van der Waals surface area contributed by atoms with Crippen LogP contribution >= 0.6 is 27.3 Å². The van der Waals surface area contributed by atoms with Crippen LogP contribution in [0.3, 0.4) is 0 Å². The first-order chi connectivity index (χ1) is 12.5. The molecule has 1 aromatic heterocycles. The van der Waals surface area contributed by atoms with Crippen molar-refractivity contribution in [3.63, 3.8) is 0 Å². The predicted octanol–water partition coefficient (Wildman–Crippen LogP) is 4.01. The molecule has 0 aliphatic carbocycles. The second-order valence-electron chi connectivity index (χ2n) is 6.23. The first-order valence-corrected chi connectivity index (χ1v) is 11.6. The van der Waals surface area contributed by atoms with Gasteiger partial charge in [-0.05, 0) is 43.2 Å². The highest BCUT2D eigenvalue weighted by atomic mass is 79.9. The topological polar surface area (TPSA) is 66.5 Å². The maximum absolute atomic E-state index is 12.8. The van der Waals surface area contributed by atoms with Crippen LogP contribution in [-0.2, 0) is 16.6 Å². The van der Waals surface area contributed by atoms with Crippen molar-refractivity contribution in [3.8, 4) is 0 Å². The van der Waals surface area contributed by atoms with E-state index in [1.165, 1.54) is 11.3 Å². The van der Waals surface area contributed by atoms with Crippen LogP contribution in [0.25, 0.3) is 0 Å². The Morgan fingerprint density at radius 3 is 2.54 bits per heavy atom. The maximum atomic E-state index is 12.8. The Morgan fingerprint density at radius 1 is 1.12 bits per heavy atom. The van der Waals surface area contributed by atoms with Crippen LogP contribution in [0.2, 0.25) is 0 Å². The zero-order chi connectivity index (χ0) is 18.6. The minimum atomic E-state index is -3.43. The minimum absolute atomic E-state index is 0.184. The molecular weight excluding hydrogens is 436 g/mol. The van der Waals surface area contributed by atoms with E-state index >= 15 is 0 Å². The van der Waals surface area contributed by atoms with Crippen molar-refractivity contribution in [2.45, 2.75) is 36.4 Å². The van der Waals surface area contributed by atoms with Gasteiger partial charge in [-0.3, -0.25) is 4.79 Å². The number of carbonyl (C=O) groups excluding carboxylic acids is 1. The Balaban J connectivity index is 1.65. The average molecular weight is 457 g/mol. The molecule has 1 fully saturated rings. The summed E-state index contributed by atoms with van der Waals surface area (Å²) in [6.07, 6.45) is 4.01. The second kappa shape index (κ2) is 8.65. The van der Waals surface area contributed by atoms with Crippen LogP contribution < -0.4 is 5.32 Å². The van der Waals surface area contributed by atoms with Gasteiger partial charge >= 0.3 is 0 Å². The second-order valence-corrected chi connectivity index (χ2v) is 10.5. The molecule has 0 saturated carbocycles. The van der Waals surface area contributed by atoms with Gasteiger partial charge in [0.1, 0.15) is 4.21 Å². The van der Waals surface area contributed by atoms with Crippen LogP contribution in [0.5, 0.6) is 0 Å². The summed E-state index contributed by atoms with van der Waals surface area (Å²) in [4.78, 5) is 13.0. The molecule has 1 aliphatic rings. The summed E-state index contributed by atoms with van der Waals surface area (Å²) in [5.74, 6) is -0.184. The van der Waals surface area contributed by atoms with E-state index in [0.29, 0.717) is 29.4 Å². The highest BCUT2D eigenvalue weighted by Gasteiger charge is 2.26. The summed E-state index contributed by atoms with van der Waals surface area (Å²) in [5.41, 5.74) is 0.563. The lowest BCUT2D eigenvalue weighted by atomic mass is 10.2. The largest absolute Gasteiger partial charge is 0.347 e. The van der Waals surface area contributed by atoms with Gasteiger partial charge in [-0.1, -0.05) is 34.8 Å². The van der Waals surface area contributed by atoms with Crippen molar-refractivity contribution < 1.29 is 13.2 Å². The number of sulfonamides is 1. The Labute approximate surface area is 166 Å². The first kappa shape index (κ1) is 19.5. The number of hydrogen-bond acceptors (Lipinski definition) is 4. The fraction of sp³-hybridized carbons (Fsp3) is 0.389. The molecule has 26 heavy (non-hydrogen) atoms. The lowest BCUT2D eigenvalue weighted by molar-refractivity contribution is 0.0951. The number of thiophene rings is 1. The molecule has 1 aliphatic heterocycles. The van der Waals surface area contributed by atoms with Gasteiger partial charge in [0.05, 0.1) is 6.54 Å². The monoisotopic (exact) mass is 456 g/mol. The molecule has 140 valence electrons. The van der Waals surface area contributed by atoms with Crippen molar-refractivity contribution in [1.29, 1.82) is 0 Å². The molecule has 0 atom stereocenters. The number of benzene rings is 1. The molecule has 5 nitrogen and oxygen atoms in total. The van der Waals surface area contributed by atoms with Crippen molar-refractivity contribution in [3.05, 3.63) is 51.3 Å². The molecule has 2 aromatic rings. The normalized spacial score (nSPS) is 16.2. The molecule has 0 unspecified atom stereocenters. The Bertz CT molecular complexity index is 872. The maximum Gasteiger partial charge on any atom is 0.252 e. The van der Waals surface area contributed by atoms with Crippen LogP contribution in [0.15, 0.2) is 45.1 Å². The van der Waals surface area contributed by atoms with E-state index in [4.69, 9.17) is 0 Å². The van der Waals surface area contributed by atoms with E-state index in [1.54, 1.807) is 34.6 Å². The SMILES string of the molecule is O=C(NCc1ccc(S(=O)(=O)N2CCCCCC2)s1)c1cccc(Br)c1. The van der Waals surface area contributed by atoms with E-state index in [0.717, 1.165) is 35.0 Å². The third kappa shape index (κ3) is 4.73. The highest BCUT2D eigenvalue weighted by molar-refractivity contribution is 9.10. The van der Waals surface area contributed by atoms with Gasteiger partial charge in [-0.25, -0.2) is 8.42 Å². The quantitative estimate of drug-likeness (QED) is 0.738. The summed E-state index contributed by atoms with van der Waals surface area (Å²) >= 11 is 4.57. The summed E-state index contributed by atoms with van der Waals surface area (Å²) in [7, 11) is -3.43. The molecule has 0 bridgehead atoms. The van der Waals surface area contributed by atoms with Crippen LogP contribution in [-0.4, -0.2) is 31.7 Å². The van der Waals surface area contributed by atoms with Gasteiger partial charge < -0.3 is 5.32 Å². The van der Waals surface area contributed by atoms with E-state index < -0.39 is 10.0 Å². The van der Waals surface area contributed by atoms with E-state index in [1.807, 2.05) is 6.07 Å². The average Bonchev–Trinajstić information content (AvgIpc) is 2.93. The number of halogens is 1. The fourth-order valence-electron chi connectivity index (χ4n) is 2.90. The molecular formula is C18H21BrN2O3S2. The number of rotatable bonds is 5. The Hall–Kier alpha value is -1.22. The molecule has 1 amide bonds. The van der Waals surface area contributed by atoms with Gasteiger partial charge in [0.2, 0.25) is 0 Å². The number of nitrogens with zero attached hydrogens (tertiary/aromatic N) is 1. The molecule has 1 aromatic carbocycles. The van der Waals surface area contributed by atoms with Crippen molar-refractivity contribution in [2.24, 2.45) is 0 Å². The molecule has 2 heterocycles. The molecule has 0 radical (unpaired) electrons. The number of amides is 1. The van der Waals surface area contributed by atoms with E-state index in [9.17, 15) is 13.2 Å². The summed E-state index contributed by atoms with van der Waals surface area (Å²) in [6, 6.07) is 10.6. The van der Waals surface area contributed by atoms with Crippen molar-refractivity contribution in [1.82, 2.24) is 9.62 Å². The van der Waals surface area contributed by atoms with Crippen LogP contribution in [0.1, 0.15) is 40.9 Å². The lowest BCUT2D eigenvalue weighted by Gasteiger charge is -2.18. The van der Waals surface area contributed by atoms with E-state index in [2.05, 4.69) is 21.2 Å². The lowest BCUT2D eigenvalue weighted by Crippen LogP contribution is -2.31. The standard InChI is InChI=1S/C18H21BrN2O3S2/c19-15-7-5-6-14(12-15)18(22)20-13-16-8-9-17(25-16)26(23,24)21-10-3-1-2-4-11-21/h5-9,12H,1-4,10-11,13H2,(H,20,22). The van der Waals surface area contributed by atoms with Crippen LogP contribution in [0, 0.1) is 0 Å². The number of nitrogens with one attached hydrogen (secondary N) is 1. The molecule has 8 heteroatoms. The zero-order valence-electron chi connectivity index (χ0n) is 14.3. The van der Waals surface area contributed by atoms with Gasteiger partial charge in [0.25, 0.3) is 15.9 Å². The van der Waals surface area contributed by atoms with Gasteiger partial charge in [0.15, 0.2) is 0 Å². The molecule has 1 saturated heterocycles. The van der Waals surface area contributed by atoms with Crippen molar-refractivity contribution in [2.75, 3.05) is 13.1 Å². The molecule has 1 N–H and O–H groups in total. The summed E-state index contributed by atoms with van der Waals surface area (Å²) < 4.78 is 28.4. The van der Waals surface area contributed by atoms with Crippen LogP contribution in [0.4, 0.5) is 0 Å². The minimum Gasteiger partial charge on any atom is -0.347 e. The van der Waals surface area contributed by atoms with Crippen molar-refractivity contribution >= 4 is 43.2 Å². The number of hydrogen-bond donors (Lipinski definition) is 1. The highest BCUT2D eigenvalue weighted by Crippen LogP contribution is 2.27. The van der Waals surface area contributed by atoms with Gasteiger partial charge in [0, 0.05) is 28.0 Å². The van der Waals surface area contributed by atoms with Gasteiger partial charge in [-0.2, -0.15) is 4.31 Å². The third-order valence-corrected chi connectivity index (χ3v) is 8.25. The third-order valence-electron chi connectivity index (χ3n) is 4.31. The Kier molecular flexibility index (Phi) is 6.50.